The zero-order valence-electron chi connectivity index (χ0n) is 15.8. The third-order valence-corrected chi connectivity index (χ3v) is 6.25. The number of nitrogens with zero attached hydrogens (tertiary/aromatic N) is 1. The van der Waals surface area contributed by atoms with Crippen LogP contribution in [-0.2, 0) is 0 Å². The number of hydrogen-bond acceptors (Lipinski definition) is 3. The van der Waals surface area contributed by atoms with Gasteiger partial charge in [0.25, 0.3) is 0 Å². The molecule has 3 aliphatic rings. The van der Waals surface area contributed by atoms with Crippen molar-refractivity contribution in [2.24, 2.45) is 16.6 Å². The van der Waals surface area contributed by atoms with Gasteiger partial charge in [-0.15, -0.1) is 0 Å². The molecule has 2 aliphatic carbocycles. The van der Waals surface area contributed by atoms with Gasteiger partial charge in [-0.05, 0) is 51.5 Å². The third-order valence-electron chi connectivity index (χ3n) is 6.25. The van der Waals surface area contributed by atoms with E-state index in [1.807, 2.05) is 0 Å². The molecular formula is C23H29N3. The van der Waals surface area contributed by atoms with E-state index < -0.39 is 5.66 Å². The molecular weight excluding hydrogens is 318 g/mol. The lowest BCUT2D eigenvalue weighted by Crippen LogP contribution is -2.61. The van der Waals surface area contributed by atoms with Crippen LogP contribution < -0.4 is 11.1 Å². The molecule has 0 radical (unpaired) electrons. The fourth-order valence-corrected chi connectivity index (χ4v) is 4.45. The molecule has 1 aromatic rings. The van der Waals surface area contributed by atoms with E-state index in [2.05, 4.69) is 67.7 Å². The van der Waals surface area contributed by atoms with Crippen molar-refractivity contribution in [3.8, 4) is 0 Å². The van der Waals surface area contributed by atoms with E-state index in [4.69, 9.17) is 10.7 Å². The van der Waals surface area contributed by atoms with Gasteiger partial charge in [0.1, 0.15) is 17.5 Å². The van der Waals surface area contributed by atoms with Crippen molar-refractivity contribution < 1.29 is 0 Å². The highest BCUT2D eigenvalue weighted by Gasteiger charge is 2.48. The quantitative estimate of drug-likeness (QED) is 0.772. The van der Waals surface area contributed by atoms with Gasteiger partial charge in [-0.2, -0.15) is 0 Å². The second-order valence-corrected chi connectivity index (χ2v) is 7.99. The topological polar surface area (TPSA) is 50.4 Å². The number of nitrogens with one attached hydrogen (secondary N) is 1. The van der Waals surface area contributed by atoms with Crippen LogP contribution in [0.25, 0.3) is 0 Å². The Balaban J connectivity index is 1.71. The largest absolute Gasteiger partial charge is 0.350 e. The van der Waals surface area contributed by atoms with E-state index >= 15 is 0 Å². The van der Waals surface area contributed by atoms with Gasteiger partial charge in [0.05, 0.1) is 0 Å². The molecule has 2 unspecified atom stereocenters. The fourth-order valence-electron chi connectivity index (χ4n) is 4.45. The van der Waals surface area contributed by atoms with Crippen LogP contribution >= 0.6 is 0 Å². The van der Waals surface area contributed by atoms with Gasteiger partial charge < -0.3 is 11.1 Å². The molecule has 3 N–H and O–H groups in total. The molecule has 3 atom stereocenters. The van der Waals surface area contributed by atoms with E-state index in [1.165, 1.54) is 22.3 Å². The highest BCUT2D eigenvalue weighted by Crippen LogP contribution is 2.43. The highest BCUT2D eigenvalue weighted by molar-refractivity contribution is 6.02. The average molecular weight is 348 g/mol. The summed E-state index contributed by atoms with van der Waals surface area (Å²) in [5.74, 6) is 1.34. The Morgan fingerprint density at radius 1 is 1.12 bits per heavy atom. The molecule has 0 saturated heterocycles. The van der Waals surface area contributed by atoms with Crippen LogP contribution in [0, 0.1) is 5.92 Å². The van der Waals surface area contributed by atoms with Crippen LogP contribution in [0.15, 0.2) is 70.3 Å². The molecule has 0 fully saturated rings. The van der Waals surface area contributed by atoms with E-state index in [1.54, 1.807) is 0 Å². The predicted octanol–water partition coefficient (Wildman–Crippen LogP) is 4.80. The Bertz CT molecular complexity index is 800. The van der Waals surface area contributed by atoms with Crippen molar-refractivity contribution in [3.05, 3.63) is 70.8 Å². The predicted molar refractivity (Wildman–Crippen MR) is 109 cm³/mol. The second kappa shape index (κ2) is 6.88. The molecule has 0 spiro atoms. The van der Waals surface area contributed by atoms with Crippen LogP contribution in [0.2, 0.25) is 0 Å². The average Bonchev–Trinajstić information content (AvgIpc) is 3.04. The van der Waals surface area contributed by atoms with Gasteiger partial charge in [-0.25, -0.2) is 0 Å². The Morgan fingerprint density at radius 2 is 1.92 bits per heavy atom. The highest BCUT2D eigenvalue weighted by atomic mass is 15.3. The van der Waals surface area contributed by atoms with Crippen molar-refractivity contribution in [1.29, 1.82) is 0 Å². The molecule has 0 aromatic heterocycles. The maximum absolute atomic E-state index is 7.12. The van der Waals surface area contributed by atoms with Crippen molar-refractivity contribution in [3.63, 3.8) is 0 Å². The smallest absolute Gasteiger partial charge is 0.130 e. The molecule has 3 nitrogen and oxygen atoms in total. The SMILES string of the molecule is CC1=C(C)CC([C@@]2(N)NC(C3=CCCC=C3)=NC2c2ccccc2)CC1. The van der Waals surface area contributed by atoms with E-state index in [-0.39, 0.29) is 6.04 Å². The molecule has 1 aromatic carbocycles. The number of rotatable bonds is 3. The van der Waals surface area contributed by atoms with Crippen LogP contribution in [-0.4, -0.2) is 11.5 Å². The van der Waals surface area contributed by atoms with Crippen LogP contribution in [0.4, 0.5) is 0 Å². The summed E-state index contributed by atoms with van der Waals surface area (Å²) in [6, 6.07) is 10.5. The fraction of sp³-hybridized carbons (Fsp3) is 0.435. The third kappa shape index (κ3) is 3.05. The Hall–Kier alpha value is -2.13. The minimum atomic E-state index is -0.537. The lowest BCUT2D eigenvalue weighted by Gasteiger charge is -2.41. The first-order valence-corrected chi connectivity index (χ1v) is 9.80. The Labute approximate surface area is 156 Å². The molecule has 3 heteroatoms. The minimum absolute atomic E-state index is 0.0499. The van der Waals surface area contributed by atoms with Gasteiger partial charge in [0, 0.05) is 11.5 Å². The van der Waals surface area contributed by atoms with Gasteiger partial charge >= 0.3 is 0 Å². The molecule has 4 rings (SSSR count). The van der Waals surface area contributed by atoms with Crippen LogP contribution in [0.1, 0.15) is 57.6 Å². The van der Waals surface area contributed by atoms with Crippen molar-refractivity contribution in [2.45, 2.75) is 57.7 Å². The van der Waals surface area contributed by atoms with Gasteiger partial charge in [-0.3, -0.25) is 4.99 Å². The monoisotopic (exact) mass is 347 g/mol. The number of benzene rings is 1. The standard InChI is InChI=1S/C23H29N3/c1-16-13-14-20(15-17(16)2)23(24)21(18-9-5-3-6-10-18)25-22(26-23)19-11-7-4-8-12-19/h3,5-7,9-12,20-21H,4,8,13-15,24H2,1-2H3,(H,25,26)/t20?,21?,23-/m1/s1. The summed E-state index contributed by atoms with van der Waals surface area (Å²) in [7, 11) is 0. The van der Waals surface area contributed by atoms with Crippen molar-refractivity contribution in [1.82, 2.24) is 5.32 Å². The summed E-state index contributed by atoms with van der Waals surface area (Å²) in [5, 5.41) is 3.68. The normalized spacial score (nSPS) is 31.5. The molecule has 0 saturated carbocycles. The lowest BCUT2D eigenvalue weighted by atomic mass is 9.74. The summed E-state index contributed by atoms with van der Waals surface area (Å²) in [6.07, 6.45) is 12.2. The van der Waals surface area contributed by atoms with E-state index in [0.29, 0.717) is 5.92 Å². The number of amidine groups is 1. The summed E-state index contributed by atoms with van der Waals surface area (Å²) in [4.78, 5) is 5.10. The number of allylic oxidation sites excluding steroid dienone is 4. The Morgan fingerprint density at radius 3 is 2.62 bits per heavy atom. The maximum atomic E-state index is 7.12. The number of nitrogens with two attached hydrogens (primary N) is 1. The number of hydrogen-bond donors (Lipinski definition) is 2. The van der Waals surface area contributed by atoms with Gasteiger partial charge in [0.2, 0.25) is 0 Å². The first kappa shape index (κ1) is 17.3. The summed E-state index contributed by atoms with van der Waals surface area (Å²) >= 11 is 0. The summed E-state index contributed by atoms with van der Waals surface area (Å²) < 4.78 is 0. The molecule has 0 bridgehead atoms. The van der Waals surface area contributed by atoms with Crippen LogP contribution in [0.3, 0.4) is 0 Å². The van der Waals surface area contributed by atoms with Crippen molar-refractivity contribution in [2.75, 3.05) is 0 Å². The molecule has 26 heavy (non-hydrogen) atoms. The second-order valence-electron chi connectivity index (χ2n) is 7.99. The molecule has 0 amide bonds. The lowest BCUT2D eigenvalue weighted by molar-refractivity contribution is 0.200. The van der Waals surface area contributed by atoms with Crippen molar-refractivity contribution >= 4 is 5.84 Å². The van der Waals surface area contributed by atoms with E-state index in [9.17, 15) is 0 Å². The van der Waals surface area contributed by atoms with Gasteiger partial charge in [-0.1, -0.05) is 59.7 Å². The number of aliphatic imine (C=N–C) groups is 1. The van der Waals surface area contributed by atoms with Crippen LogP contribution in [0.5, 0.6) is 0 Å². The summed E-state index contributed by atoms with van der Waals surface area (Å²) in [6.45, 7) is 4.51. The Kier molecular flexibility index (Phi) is 4.58. The van der Waals surface area contributed by atoms with E-state index in [0.717, 1.165) is 37.9 Å². The first-order chi connectivity index (χ1) is 12.6. The minimum Gasteiger partial charge on any atom is -0.350 e. The molecule has 1 aliphatic heterocycles. The summed E-state index contributed by atoms with van der Waals surface area (Å²) in [5.41, 5.74) is 12.0. The van der Waals surface area contributed by atoms with Gasteiger partial charge in [0.15, 0.2) is 0 Å². The molecule has 1 heterocycles. The molecule has 136 valence electrons. The zero-order valence-corrected chi connectivity index (χ0v) is 15.8. The maximum Gasteiger partial charge on any atom is 0.130 e. The first-order valence-electron chi connectivity index (χ1n) is 9.80. The zero-order chi connectivity index (χ0) is 18.1.